The first kappa shape index (κ1) is 11.7. The number of anilines is 2. The van der Waals surface area contributed by atoms with Crippen LogP contribution in [-0.4, -0.2) is 32.3 Å². The van der Waals surface area contributed by atoms with Gasteiger partial charge < -0.3 is 15.8 Å². The normalized spacial score (nSPS) is 14.9. The van der Waals surface area contributed by atoms with Gasteiger partial charge in [-0.05, 0) is 31.2 Å². The van der Waals surface area contributed by atoms with Crippen LogP contribution >= 0.6 is 0 Å². The number of nitrogens with zero attached hydrogens (tertiary/aromatic N) is 1. The van der Waals surface area contributed by atoms with Crippen LogP contribution in [0.15, 0.2) is 24.3 Å². The van der Waals surface area contributed by atoms with E-state index in [1.807, 2.05) is 24.3 Å². The van der Waals surface area contributed by atoms with Crippen molar-refractivity contribution in [1.29, 1.82) is 0 Å². The molecule has 0 bridgehead atoms. The molecule has 1 saturated heterocycles. The van der Waals surface area contributed by atoms with Gasteiger partial charge in [0.1, 0.15) is 6.61 Å². The average Bonchev–Trinajstić information content (AvgIpc) is 2.76. The molecule has 1 aromatic carbocycles. The first-order chi connectivity index (χ1) is 8.31. The molecule has 0 saturated carbocycles. The largest absolute Gasteiger partial charge is 0.447 e. The van der Waals surface area contributed by atoms with E-state index in [1.54, 1.807) is 4.90 Å². The van der Waals surface area contributed by atoms with Crippen molar-refractivity contribution in [3.8, 4) is 0 Å². The van der Waals surface area contributed by atoms with Crippen LogP contribution in [0.5, 0.6) is 0 Å². The van der Waals surface area contributed by atoms with Crippen molar-refractivity contribution in [2.45, 2.75) is 6.42 Å². The van der Waals surface area contributed by atoms with Crippen LogP contribution in [0.3, 0.4) is 0 Å². The summed E-state index contributed by atoms with van der Waals surface area (Å²) in [6.07, 6.45) is 0.653. The zero-order chi connectivity index (χ0) is 12.1. The first-order valence-electron chi connectivity index (χ1n) is 5.79. The zero-order valence-corrected chi connectivity index (χ0v) is 9.69. The fraction of sp³-hybridized carbons (Fsp3) is 0.417. The highest BCUT2D eigenvalue weighted by atomic mass is 16.6. The van der Waals surface area contributed by atoms with Gasteiger partial charge in [-0.15, -0.1) is 0 Å². The number of cyclic esters (lactones) is 1. The maximum Gasteiger partial charge on any atom is 0.414 e. The topological polar surface area (TPSA) is 67.6 Å². The lowest BCUT2D eigenvalue weighted by molar-refractivity contribution is 0.181. The Balaban J connectivity index is 2.03. The molecular formula is C12H17N3O2. The quantitative estimate of drug-likeness (QED) is 0.757. The Bertz CT molecular complexity index is 395. The van der Waals surface area contributed by atoms with E-state index in [9.17, 15) is 4.79 Å². The monoisotopic (exact) mass is 235 g/mol. The molecule has 0 aromatic heterocycles. The zero-order valence-electron chi connectivity index (χ0n) is 9.69. The number of rotatable bonds is 5. The molecule has 0 unspecified atom stereocenters. The molecule has 1 aliphatic rings. The molecule has 5 nitrogen and oxygen atoms in total. The summed E-state index contributed by atoms with van der Waals surface area (Å²) in [5, 5.41) is 3.27. The van der Waals surface area contributed by atoms with E-state index >= 15 is 0 Å². The molecule has 1 fully saturated rings. The predicted octanol–water partition coefficient (Wildman–Crippen LogP) is 1.40. The van der Waals surface area contributed by atoms with Gasteiger partial charge in [0.25, 0.3) is 0 Å². The van der Waals surface area contributed by atoms with Crippen LogP contribution < -0.4 is 16.0 Å². The minimum atomic E-state index is -0.274. The molecule has 0 atom stereocenters. The summed E-state index contributed by atoms with van der Waals surface area (Å²) >= 11 is 0. The molecule has 0 spiro atoms. The van der Waals surface area contributed by atoms with Crippen molar-refractivity contribution in [2.24, 2.45) is 5.73 Å². The van der Waals surface area contributed by atoms with Crippen molar-refractivity contribution in [3.63, 3.8) is 0 Å². The summed E-state index contributed by atoms with van der Waals surface area (Å²) in [5.41, 5.74) is 7.29. The maximum absolute atomic E-state index is 11.4. The van der Waals surface area contributed by atoms with E-state index in [4.69, 9.17) is 10.5 Å². The van der Waals surface area contributed by atoms with Gasteiger partial charge in [-0.1, -0.05) is 6.07 Å². The number of hydrogen-bond donors (Lipinski definition) is 2. The van der Waals surface area contributed by atoms with Gasteiger partial charge in [0, 0.05) is 17.9 Å². The summed E-state index contributed by atoms with van der Waals surface area (Å²) in [7, 11) is 0. The molecule has 1 aliphatic heterocycles. The third kappa shape index (κ3) is 2.88. The number of amides is 1. The van der Waals surface area contributed by atoms with Crippen LogP contribution in [-0.2, 0) is 4.74 Å². The van der Waals surface area contributed by atoms with E-state index in [0.717, 1.165) is 24.3 Å². The van der Waals surface area contributed by atoms with Crippen molar-refractivity contribution in [1.82, 2.24) is 0 Å². The minimum absolute atomic E-state index is 0.274. The first-order valence-corrected chi connectivity index (χ1v) is 5.79. The molecule has 17 heavy (non-hydrogen) atoms. The van der Waals surface area contributed by atoms with Crippen LogP contribution in [0, 0.1) is 0 Å². The van der Waals surface area contributed by atoms with Gasteiger partial charge in [0.2, 0.25) is 0 Å². The summed E-state index contributed by atoms with van der Waals surface area (Å²) in [5.74, 6) is 0. The summed E-state index contributed by atoms with van der Waals surface area (Å²) in [6, 6.07) is 7.75. The van der Waals surface area contributed by atoms with Crippen molar-refractivity contribution >= 4 is 17.5 Å². The molecule has 0 aliphatic carbocycles. The van der Waals surface area contributed by atoms with Crippen LogP contribution in [0.1, 0.15) is 6.42 Å². The number of benzene rings is 1. The van der Waals surface area contributed by atoms with Crippen molar-refractivity contribution < 1.29 is 9.53 Å². The number of hydrogen-bond acceptors (Lipinski definition) is 4. The maximum atomic E-state index is 11.4. The Labute approximate surface area is 101 Å². The van der Waals surface area contributed by atoms with Gasteiger partial charge >= 0.3 is 6.09 Å². The molecule has 1 heterocycles. The standard InChI is InChI=1S/C12H17N3O2/c13-5-2-6-14-10-3-1-4-11(9-10)15-7-8-17-12(15)16/h1,3-4,9,14H,2,5-8,13H2. The molecule has 1 aromatic rings. The van der Waals surface area contributed by atoms with E-state index in [0.29, 0.717) is 19.7 Å². The Hall–Kier alpha value is -1.75. The molecule has 1 amide bonds. The third-order valence-corrected chi connectivity index (χ3v) is 2.63. The molecule has 92 valence electrons. The second kappa shape index (κ2) is 5.54. The highest BCUT2D eigenvalue weighted by Crippen LogP contribution is 2.22. The molecule has 0 radical (unpaired) electrons. The second-order valence-corrected chi connectivity index (χ2v) is 3.89. The minimum Gasteiger partial charge on any atom is -0.447 e. The van der Waals surface area contributed by atoms with Gasteiger partial charge in [-0.3, -0.25) is 4.90 Å². The molecule has 5 heteroatoms. The van der Waals surface area contributed by atoms with Crippen LogP contribution in [0.25, 0.3) is 0 Å². The fourth-order valence-corrected chi connectivity index (χ4v) is 1.75. The number of ether oxygens (including phenoxy) is 1. The summed E-state index contributed by atoms with van der Waals surface area (Å²) in [4.78, 5) is 13.0. The highest BCUT2D eigenvalue weighted by molar-refractivity contribution is 5.89. The Morgan fingerprint density at radius 1 is 1.47 bits per heavy atom. The van der Waals surface area contributed by atoms with E-state index in [-0.39, 0.29) is 6.09 Å². The number of carbonyl (C=O) groups excluding carboxylic acids is 1. The third-order valence-electron chi connectivity index (χ3n) is 2.63. The van der Waals surface area contributed by atoms with Gasteiger partial charge in [-0.25, -0.2) is 4.79 Å². The molecule has 2 rings (SSSR count). The van der Waals surface area contributed by atoms with Crippen molar-refractivity contribution in [2.75, 3.05) is 36.5 Å². The smallest absolute Gasteiger partial charge is 0.414 e. The Morgan fingerprint density at radius 2 is 2.35 bits per heavy atom. The van der Waals surface area contributed by atoms with Gasteiger partial charge in [0.05, 0.1) is 6.54 Å². The van der Waals surface area contributed by atoms with Gasteiger partial charge in [0.15, 0.2) is 0 Å². The highest BCUT2D eigenvalue weighted by Gasteiger charge is 2.23. The fourth-order valence-electron chi connectivity index (χ4n) is 1.75. The summed E-state index contributed by atoms with van der Waals surface area (Å²) in [6.45, 7) is 2.59. The van der Waals surface area contributed by atoms with E-state index in [2.05, 4.69) is 5.32 Å². The van der Waals surface area contributed by atoms with Gasteiger partial charge in [-0.2, -0.15) is 0 Å². The lowest BCUT2D eigenvalue weighted by atomic mass is 10.2. The van der Waals surface area contributed by atoms with Crippen molar-refractivity contribution in [3.05, 3.63) is 24.3 Å². The number of nitrogens with two attached hydrogens (primary N) is 1. The lowest BCUT2D eigenvalue weighted by Crippen LogP contribution is -2.23. The predicted molar refractivity (Wildman–Crippen MR) is 67.3 cm³/mol. The van der Waals surface area contributed by atoms with E-state index in [1.165, 1.54) is 0 Å². The second-order valence-electron chi connectivity index (χ2n) is 3.89. The number of nitrogens with one attached hydrogen (secondary N) is 1. The lowest BCUT2D eigenvalue weighted by Gasteiger charge is -2.14. The summed E-state index contributed by atoms with van der Waals surface area (Å²) < 4.78 is 4.91. The Kier molecular flexibility index (Phi) is 3.82. The SMILES string of the molecule is NCCCNc1cccc(N2CCOC2=O)c1. The van der Waals surface area contributed by atoms with E-state index < -0.39 is 0 Å². The molecule has 3 N–H and O–H groups in total. The van der Waals surface area contributed by atoms with Crippen LogP contribution in [0.4, 0.5) is 16.2 Å². The Morgan fingerprint density at radius 3 is 3.06 bits per heavy atom. The van der Waals surface area contributed by atoms with Crippen LogP contribution in [0.2, 0.25) is 0 Å². The average molecular weight is 235 g/mol. The number of carbonyl (C=O) groups is 1. The molecular weight excluding hydrogens is 218 g/mol.